The third-order valence-corrected chi connectivity index (χ3v) is 5.87. The number of ether oxygens (including phenoxy) is 1. The molecule has 152 valence electrons. The first kappa shape index (κ1) is 18.1. The van der Waals surface area contributed by atoms with Crippen LogP contribution in [0.25, 0.3) is 0 Å². The van der Waals surface area contributed by atoms with Crippen LogP contribution >= 0.6 is 0 Å². The van der Waals surface area contributed by atoms with Crippen LogP contribution in [0, 0.1) is 0 Å². The maximum atomic E-state index is 13.2. The monoisotopic (exact) mass is 395 g/mol. The third-order valence-electron chi connectivity index (χ3n) is 5.87. The lowest BCUT2D eigenvalue weighted by molar-refractivity contribution is 0.0382. The number of hydrogen-bond acceptors (Lipinski definition) is 7. The zero-order valence-electron chi connectivity index (χ0n) is 16.5. The van der Waals surface area contributed by atoms with Crippen molar-refractivity contribution in [3.8, 4) is 0 Å². The number of carbonyl (C=O) groups is 1. The topological polar surface area (TPSA) is 86.7 Å². The molecule has 5 heterocycles. The molecule has 0 spiro atoms. The highest BCUT2D eigenvalue weighted by Gasteiger charge is 2.40. The van der Waals surface area contributed by atoms with Crippen LogP contribution in [0.2, 0.25) is 0 Å². The number of amides is 2. The molecule has 0 saturated carbocycles. The summed E-state index contributed by atoms with van der Waals surface area (Å²) in [5.74, 6) is 2.05. The van der Waals surface area contributed by atoms with Gasteiger partial charge in [-0.1, -0.05) is 6.92 Å². The average molecular weight is 395 g/mol. The van der Waals surface area contributed by atoms with E-state index in [0.717, 1.165) is 56.3 Å². The zero-order chi connectivity index (χ0) is 19.8. The Kier molecular flexibility index (Phi) is 4.67. The SMILES string of the molecule is CC[C@@H]1CN(c2ccc3c(n2)N(C(=O)Nc2cnccn2)C2CCN3C2)CCO1. The summed E-state index contributed by atoms with van der Waals surface area (Å²) in [6.07, 6.45) is 6.82. The van der Waals surface area contributed by atoms with Gasteiger partial charge in [-0.15, -0.1) is 0 Å². The molecular weight excluding hydrogens is 370 g/mol. The molecule has 2 fully saturated rings. The molecule has 9 heteroatoms. The molecule has 0 aromatic carbocycles. The summed E-state index contributed by atoms with van der Waals surface area (Å²) in [6, 6.07) is 4.05. The van der Waals surface area contributed by atoms with E-state index in [4.69, 9.17) is 9.72 Å². The minimum atomic E-state index is -0.212. The minimum absolute atomic E-state index is 0.106. The van der Waals surface area contributed by atoms with Crippen molar-refractivity contribution < 1.29 is 9.53 Å². The van der Waals surface area contributed by atoms with Gasteiger partial charge in [0.1, 0.15) is 5.82 Å². The molecule has 0 aliphatic carbocycles. The van der Waals surface area contributed by atoms with Crippen LogP contribution in [0.15, 0.2) is 30.7 Å². The first-order valence-electron chi connectivity index (χ1n) is 10.2. The standard InChI is InChI=1S/C20H25N7O2/c1-2-15-13-26(9-10-29-15)18-4-3-16-19(24-18)27(14-5-8-25(16)12-14)20(28)23-17-11-21-6-7-22-17/h3-4,6-7,11,14-15H,2,5,8-10,12-13H2,1H3,(H,22,23,28)/t14?,15-/m1/s1. The van der Waals surface area contributed by atoms with Crippen molar-refractivity contribution in [3.63, 3.8) is 0 Å². The van der Waals surface area contributed by atoms with Crippen LogP contribution in [-0.4, -0.2) is 65.9 Å². The predicted molar refractivity (Wildman–Crippen MR) is 111 cm³/mol. The Morgan fingerprint density at radius 3 is 3.00 bits per heavy atom. The van der Waals surface area contributed by atoms with E-state index >= 15 is 0 Å². The van der Waals surface area contributed by atoms with Crippen LogP contribution in [-0.2, 0) is 4.74 Å². The molecule has 1 unspecified atom stereocenters. The number of urea groups is 1. The highest BCUT2D eigenvalue weighted by Crippen LogP contribution is 2.40. The third kappa shape index (κ3) is 3.35. The van der Waals surface area contributed by atoms with Gasteiger partial charge in [0.25, 0.3) is 0 Å². The lowest BCUT2D eigenvalue weighted by Gasteiger charge is -2.38. The summed E-state index contributed by atoms with van der Waals surface area (Å²) in [5.41, 5.74) is 1.01. The number of aromatic nitrogens is 3. The van der Waals surface area contributed by atoms with Crippen molar-refractivity contribution in [3.05, 3.63) is 30.7 Å². The number of pyridine rings is 1. The Morgan fingerprint density at radius 2 is 2.17 bits per heavy atom. The molecule has 2 atom stereocenters. The van der Waals surface area contributed by atoms with Crippen molar-refractivity contribution in [1.29, 1.82) is 0 Å². The number of anilines is 4. The summed E-state index contributed by atoms with van der Waals surface area (Å²) in [4.78, 5) is 32.7. The number of nitrogens with zero attached hydrogens (tertiary/aromatic N) is 6. The number of hydrogen-bond donors (Lipinski definition) is 1. The van der Waals surface area contributed by atoms with E-state index in [2.05, 4.69) is 44.1 Å². The smallest absolute Gasteiger partial charge is 0.329 e. The Bertz CT molecular complexity index is 894. The molecular formula is C20H25N7O2. The fourth-order valence-corrected chi connectivity index (χ4v) is 4.35. The molecule has 5 rings (SSSR count). The number of nitrogens with one attached hydrogen (secondary N) is 1. The van der Waals surface area contributed by atoms with Gasteiger partial charge in [-0.3, -0.25) is 15.2 Å². The molecule has 2 saturated heterocycles. The first-order valence-corrected chi connectivity index (χ1v) is 10.2. The van der Waals surface area contributed by atoms with Crippen LogP contribution in [0.4, 0.5) is 27.9 Å². The van der Waals surface area contributed by atoms with Gasteiger partial charge in [0.15, 0.2) is 11.6 Å². The Balaban J connectivity index is 1.46. The van der Waals surface area contributed by atoms with Gasteiger partial charge in [0.05, 0.1) is 30.6 Å². The maximum absolute atomic E-state index is 13.2. The van der Waals surface area contributed by atoms with Gasteiger partial charge < -0.3 is 14.5 Å². The van der Waals surface area contributed by atoms with Gasteiger partial charge in [0.2, 0.25) is 0 Å². The summed E-state index contributed by atoms with van der Waals surface area (Å²) < 4.78 is 5.80. The summed E-state index contributed by atoms with van der Waals surface area (Å²) >= 11 is 0. The average Bonchev–Trinajstić information content (AvgIpc) is 3.18. The molecule has 1 N–H and O–H groups in total. The quantitative estimate of drug-likeness (QED) is 0.852. The normalized spacial score (nSPS) is 23.1. The largest absolute Gasteiger partial charge is 0.375 e. The van der Waals surface area contributed by atoms with Gasteiger partial charge in [-0.05, 0) is 25.0 Å². The van der Waals surface area contributed by atoms with E-state index in [1.54, 1.807) is 23.5 Å². The summed E-state index contributed by atoms with van der Waals surface area (Å²) in [5, 5.41) is 2.87. The number of morpholine rings is 1. The van der Waals surface area contributed by atoms with Gasteiger partial charge in [0, 0.05) is 38.6 Å². The molecule has 3 aliphatic heterocycles. The van der Waals surface area contributed by atoms with Crippen molar-refractivity contribution in [2.24, 2.45) is 0 Å². The second kappa shape index (κ2) is 7.47. The molecule has 2 aromatic heterocycles. The predicted octanol–water partition coefficient (Wildman–Crippen LogP) is 2.12. The van der Waals surface area contributed by atoms with Crippen LogP contribution in [0.3, 0.4) is 0 Å². The number of fused-ring (bicyclic) bond motifs is 4. The van der Waals surface area contributed by atoms with Gasteiger partial charge >= 0.3 is 6.03 Å². The molecule has 2 aromatic rings. The Labute approximate surface area is 169 Å². The highest BCUT2D eigenvalue weighted by atomic mass is 16.5. The highest BCUT2D eigenvalue weighted by molar-refractivity contribution is 6.04. The lowest BCUT2D eigenvalue weighted by atomic mass is 10.1. The number of carbonyl (C=O) groups excluding carboxylic acids is 1. The summed E-state index contributed by atoms with van der Waals surface area (Å²) in [7, 11) is 0. The zero-order valence-corrected chi connectivity index (χ0v) is 16.5. The van der Waals surface area contributed by atoms with Crippen molar-refractivity contribution in [1.82, 2.24) is 15.0 Å². The second-order valence-corrected chi connectivity index (χ2v) is 7.64. The minimum Gasteiger partial charge on any atom is -0.375 e. The molecule has 29 heavy (non-hydrogen) atoms. The lowest BCUT2D eigenvalue weighted by Crippen LogP contribution is -2.49. The van der Waals surface area contributed by atoms with E-state index < -0.39 is 0 Å². The summed E-state index contributed by atoms with van der Waals surface area (Å²) in [6.45, 7) is 6.23. The Morgan fingerprint density at radius 1 is 1.24 bits per heavy atom. The van der Waals surface area contributed by atoms with Crippen molar-refractivity contribution in [2.75, 3.05) is 52.8 Å². The second-order valence-electron chi connectivity index (χ2n) is 7.64. The number of rotatable bonds is 3. The Hall–Kier alpha value is -2.94. The molecule has 2 bridgehead atoms. The van der Waals surface area contributed by atoms with Crippen LogP contribution < -0.4 is 20.0 Å². The van der Waals surface area contributed by atoms with E-state index in [9.17, 15) is 4.79 Å². The molecule has 0 radical (unpaired) electrons. The fraction of sp³-hybridized carbons (Fsp3) is 0.500. The maximum Gasteiger partial charge on any atom is 0.329 e. The van der Waals surface area contributed by atoms with Gasteiger partial charge in [-0.2, -0.15) is 0 Å². The van der Waals surface area contributed by atoms with Crippen LogP contribution in [0.1, 0.15) is 19.8 Å². The van der Waals surface area contributed by atoms with Crippen molar-refractivity contribution >= 4 is 29.2 Å². The van der Waals surface area contributed by atoms with Crippen molar-refractivity contribution in [2.45, 2.75) is 31.9 Å². The first-order chi connectivity index (χ1) is 14.2. The molecule has 9 nitrogen and oxygen atoms in total. The van der Waals surface area contributed by atoms with E-state index in [1.165, 1.54) is 0 Å². The molecule has 3 aliphatic rings. The van der Waals surface area contributed by atoms with E-state index in [-0.39, 0.29) is 18.2 Å². The van der Waals surface area contributed by atoms with E-state index in [1.807, 2.05) is 0 Å². The van der Waals surface area contributed by atoms with Crippen LogP contribution in [0.5, 0.6) is 0 Å². The molecule has 2 amide bonds. The van der Waals surface area contributed by atoms with E-state index in [0.29, 0.717) is 12.4 Å². The fourth-order valence-electron chi connectivity index (χ4n) is 4.35. The van der Waals surface area contributed by atoms with Gasteiger partial charge in [-0.25, -0.2) is 14.8 Å².